The van der Waals surface area contributed by atoms with Gasteiger partial charge in [-0.05, 0) is 44.0 Å². The molecule has 6 heteroatoms. The lowest BCUT2D eigenvalue weighted by molar-refractivity contribution is 0.426. The summed E-state index contributed by atoms with van der Waals surface area (Å²) >= 11 is 0. The van der Waals surface area contributed by atoms with Gasteiger partial charge < -0.3 is 4.90 Å². The summed E-state index contributed by atoms with van der Waals surface area (Å²) < 4.78 is 27.5. The van der Waals surface area contributed by atoms with Gasteiger partial charge in [0.1, 0.15) is 5.82 Å². The Morgan fingerprint density at radius 1 is 1.04 bits per heavy atom. The zero-order chi connectivity index (χ0) is 17.9. The Morgan fingerprint density at radius 2 is 1.72 bits per heavy atom. The summed E-state index contributed by atoms with van der Waals surface area (Å²) in [4.78, 5) is 6.90. The molecule has 0 saturated heterocycles. The third-order valence-electron chi connectivity index (χ3n) is 4.82. The number of aromatic nitrogens is 1. The molecule has 0 unspecified atom stereocenters. The van der Waals surface area contributed by atoms with Gasteiger partial charge in [-0.3, -0.25) is 4.72 Å². The fraction of sp³-hybridized carbons (Fsp3) is 0.421. The van der Waals surface area contributed by atoms with Crippen LogP contribution in [0.1, 0.15) is 37.7 Å². The summed E-state index contributed by atoms with van der Waals surface area (Å²) in [6.07, 6.45) is 7.82. The van der Waals surface area contributed by atoms with E-state index in [1.807, 2.05) is 13.0 Å². The van der Waals surface area contributed by atoms with Crippen LogP contribution in [0.4, 0.5) is 11.5 Å². The molecule has 3 rings (SSSR count). The van der Waals surface area contributed by atoms with E-state index in [0.717, 1.165) is 11.4 Å². The van der Waals surface area contributed by atoms with Crippen molar-refractivity contribution in [2.45, 2.75) is 50.0 Å². The van der Waals surface area contributed by atoms with Crippen molar-refractivity contribution in [1.29, 1.82) is 0 Å². The molecule has 0 spiro atoms. The molecular formula is C19H25N3O2S. The predicted octanol–water partition coefficient (Wildman–Crippen LogP) is 3.96. The molecule has 1 saturated carbocycles. The molecule has 1 heterocycles. The maximum absolute atomic E-state index is 12.4. The summed E-state index contributed by atoms with van der Waals surface area (Å²) in [6, 6.07) is 11.0. The van der Waals surface area contributed by atoms with Gasteiger partial charge in [0.15, 0.2) is 0 Å². The van der Waals surface area contributed by atoms with E-state index in [1.54, 1.807) is 36.5 Å². The molecule has 5 nitrogen and oxygen atoms in total. The minimum absolute atomic E-state index is 0.251. The van der Waals surface area contributed by atoms with Gasteiger partial charge >= 0.3 is 0 Å². The minimum Gasteiger partial charge on any atom is -0.357 e. The monoisotopic (exact) mass is 359 g/mol. The van der Waals surface area contributed by atoms with Gasteiger partial charge in [0.2, 0.25) is 0 Å². The highest BCUT2D eigenvalue weighted by atomic mass is 32.2. The Hall–Kier alpha value is -2.08. The summed E-state index contributed by atoms with van der Waals surface area (Å²) in [5.41, 5.74) is 1.50. The highest BCUT2D eigenvalue weighted by Crippen LogP contribution is 2.26. The Bertz CT molecular complexity index is 796. The van der Waals surface area contributed by atoms with Crippen LogP contribution in [0.15, 0.2) is 47.5 Å². The van der Waals surface area contributed by atoms with Gasteiger partial charge in [0.05, 0.1) is 16.8 Å². The topological polar surface area (TPSA) is 62.3 Å². The number of aryl methyl sites for hydroxylation is 1. The van der Waals surface area contributed by atoms with Gasteiger partial charge in [0.25, 0.3) is 10.0 Å². The molecule has 0 atom stereocenters. The van der Waals surface area contributed by atoms with E-state index in [9.17, 15) is 8.42 Å². The number of hydrogen-bond acceptors (Lipinski definition) is 4. The summed E-state index contributed by atoms with van der Waals surface area (Å²) in [7, 11) is -1.52. The lowest BCUT2D eigenvalue weighted by Crippen LogP contribution is -2.33. The average molecular weight is 359 g/mol. The first-order chi connectivity index (χ1) is 12.0. The zero-order valence-corrected chi connectivity index (χ0v) is 15.6. The first-order valence-electron chi connectivity index (χ1n) is 8.74. The van der Waals surface area contributed by atoms with Crippen molar-refractivity contribution in [3.05, 3.63) is 48.2 Å². The van der Waals surface area contributed by atoms with Crippen LogP contribution in [0.5, 0.6) is 0 Å². The van der Waals surface area contributed by atoms with Crippen molar-refractivity contribution >= 4 is 21.5 Å². The van der Waals surface area contributed by atoms with Crippen molar-refractivity contribution in [2.24, 2.45) is 0 Å². The third kappa shape index (κ3) is 4.31. The molecule has 1 fully saturated rings. The smallest absolute Gasteiger partial charge is 0.261 e. The van der Waals surface area contributed by atoms with Crippen molar-refractivity contribution in [2.75, 3.05) is 16.7 Å². The van der Waals surface area contributed by atoms with Crippen LogP contribution in [0.25, 0.3) is 0 Å². The Balaban J connectivity index is 1.70. The van der Waals surface area contributed by atoms with Crippen molar-refractivity contribution < 1.29 is 8.42 Å². The molecule has 0 aliphatic heterocycles. The van der Waals surface area contributed by atoms with E-state index in [1.165, 1.54) is 32.1 Å². The maximum Gasteiger partial charge on any atom is 0.261 e. The molecule has 1 aromatic carbocycles. The molecule has 1 aliphatic carbocycles. The number of pyridine rings is 1. The molecule has 0 amide bonds. The number of rotatable bonds is 5. The SMILES string of the molecule is Cc1ccc(S(=O)(=O)Nc2ccc(N(C)C3CCCCC3)nc2)cc1. The zero-order valence-electron chi connectivity index (χ0n) is 14.8. The quantitative estimate of drug-likeness (QED) is 0.878. The summed E-state index contributed by atoms with van der Waals surface area (Å²) in [5, 5.41) is 0. The second kappa shape index (κ2) is 7.44. The van der Waals surface area contributed by atoms with E-state index < -0.39 is 10.0 Å². The lowest BCUT2D eigenvalue weighted by Gasteiger charge is -2.32. The fourth-order valence-electron chi connectivity index (χ4n) is 3.24. The van der Waals surface area contributed by atoms with Gasteiger partial charge in [-0.25, -0.2) is 13.4 Å². The van der Waals surface area contributed by atoms with Crippen LogP contribution in [-0.4, -0.2) is 26.5 Å². The number of hydrogen-bond donors (Lipinski definition) is 1. The molecule has 0 radical (unpaired) electrons. The van der Waals surface area contributed by atoms with Crippen molar-refractivity contribution in [1.82, 2.24) is 4.98 Å². The van der Waals surface area contributed by atoms with Crippen LogP contribution in [0, 0.1) is 6.92 Å². The van der Waals surface area contributed by atoms with Crippen LogP contribution in [0.3, 0.4) is 0 Å². The maximum atomic E-state index is 12.4. The van der Waals surface area contributed by atoms with Gasteiger partial charge in [-0.1, -0.05) is 37.0 Å². The van der Waals surface area contributed by atoms with Crippen molar-refractivity contribution in [3.8, 4) is 0 Å². The number of anilines is 2. The van der Waals surface area contributed by atoms with Gasteiger partial charge in [-0.15, -0.1) is 0 Å². The van der Waals surface area contributed by atoms with E-state index in [2.05, 4.69) is 21.7 Å². The van der Waals surface area contributed by atoms with E-state index in [0.29, 0.717) is 11.7 Å². The molecule has 1 N–H and O–H groups in total. The second-order valence-corrected chi connectivity index (χ2v) is 8.41. The van der Waals surface area contributed by atoms with Crippen LogP contribution >= 0.6 is 0 Å². The molecule has 0 bridgehead atoms. The van der Waals surface area contributed by atoms with Crippen molar-refractivity contribution in [3.63, 3.8) is 0 Å². The third-order valence-corrected chi connectivity index (χ3v) is 6.21. The Labute approximate surface area is 150 Å². The highest BCUT2D eigenvalue weighted by Gasteiger charge is 2.19. The minimum atomic E-state index is -3.59. The molecule has 1 aliphatic rings. The number of sulfonamides is 1. The van der Waals surface area contributed by atoms with Crippen LogP contribution in [-0.2, 0) is 10.0 Å². The highest BCUT2D eigenvalue weighted by molar-refractivity contribution is 7.92. The standard InChI is InChI=1S/C19H25N3O2S/c1-15-8-11-18(12-9-15)25(23,24)21-16-10-13-19(20-14-16)22(2)17-6-4-3-5-7-17/h8-14,17,21H,3-7H2,1-2H3. The van der Waals surface area contributed by atoms with Crippen LogP contribution in [0.2, 0.25) is 0 Å². The first kappa shape index (κ1) is 17.7. The van der Waals surface area contributed by atoms with Gasteiger partial charge in [0, 0.05) is 13.1 Å². The lowest BCUT2D eigenvalue weighted by atomic mass is 9.94. The average Bonchev–Trinajstić information content (AvgIpc) is 2.62. The fourth-order valence-corrected chi connectivity index (χ4v) is 4.29. The normalized spacial score (nSPS) is 15.8. The van der Waals surface area contributed by atoms with E-state index in [4.69, 9.17) is 0 Å². The molecular weight excluding hydrogens is 334 g/mol. The number of nitrogens with one attached hydrogen (secondary N) is 1. The molecule has 134 valence electrons. The van der Waals surface area contributed by atoms with Crippen LogP contribution < -0.4 is 9.62 Å². The predicted molar refractivity (Wildman–Crippen MR) is 102 cm³/mol. The molecule has 2 aromatic rings. The van der Waals surface area contributed by atoms with E-state index >= 15 is 0 Å². The number of nitrogens with zero attached hydrogens (tertiary/aromatic N) is 2. The summed E-state index contributed by atoms with van der Waals surface area (Å²) in [5.74, 6) is 0.880. The first-order valence-corrected chi connectivity index (χ1v) is 10.2. The molecule has 25 heavy (non-hydrogen) atoms. The Kier molecular flexibility index (Phi) is 5.27. The Morgan fingerprint density at radius 3 is 2.32 bits per heavy atom. The van der Waals surface area contributed by atoms with E-state index in [-0.39, 0.29) is 4.90 Å². The number of benzene rings is 1. The summed E-state index contributed by atoms with van der Waals surface area (Å²) in [6.45, 7) is 1.93. The largest absolute Gasteiger partial charge is 0.357 e. The van der Waals surface area contributed by atoms with Gasteiger partial charge in [-0.2, -0.15) is 0 Å². The molecule has 1 aromatic heterocycles. The second-order valence-electron chi connectivity index (χ2n) is 6.73.